The van der Waals surface area contributed by atoms with Crippen molar-refractivity contribution in [3.63, 3.8) is 0 Å². The van der Waals surface area contributed by atoms with Gasteiger partial charge in [0.15, 0.2) is 0 Å². The van der Waals surface area contributed by atoms with Crippen LogP contribution < -0.4 is 5.32 Å². The Kier molecular flexibility index (Phi) is 4.88. The Morgan fingerprint density at radius 3 is 3.08 bits per heavy atom. The Labute approximate surface area is 81.7 Å². The largest absolute Gasteiger partial charge is 0.311 e. The fourth-order valence-electron chi connectivity index (χ4n) is 1.71. The molecular weight excluding hydrogens is 160 g/mol. The zero-order valence-corrected chi connectivity index (χ0v) is 8.77. The van der Waals surface area contributed by atoms with Gasteiger partial charge < -0.3 is 5.32 Å². The molecule has 1 rings (SSSR count). The van der Waals surface area contributed by atoms with Crippen LogP contribution in [0.5, 0.6) is 0 Å². The molecule has 74 valence electrons. The van der Waals surface area contributed by atoms with Crippen LogP contribution in [-0.2, 0) is 0 Å². The minimum absolute atomic E-state index is 0.698. The molecule has 0 aliphatic carbocycles. The monoisotopic (exact) mass is 180 g/mol. The number of hydrogen-bond donors (Lipinski definition) is 1. The second-order valence-corrected chi connectivity index (χ2v) is 3.54. The van der Waals surface area contributed by atoms with Gasteiger partial charge in [0, 0.05) is 38.6 Å². The first kappa shape index (κ1) is 10.6. The molecule has 0 aromatic rings. The van der Waals surface area contributed by atoms with Crippen LogP contribution in [0.3, 0.4) is 0 Å². The molecule has 1 saturated heterocycles. The molecular formula is C11H20N2. The van der Waals surface area contributed by atoms with Crippen molar-refractivity contribution in [1.82, 2.24) is 10.2 Å². The smallest absolute Gasteiger partial charge is 0.0216 e. The maximum Gasteiger partial charge on any atom is 0.0216 e. The summed E-state index contributed by atoms with van der Waals surface area (Å²) in [6.07, 6.45) is 2.25. The van der Waals surface area contributed by atoms with Gasteiger partial charge in [-0.25, -0.2) is 0 Å². The van der Waals surface area contributed by atoms with Gasteiger partial charge in [-0.05, 0) is 13.3 Å². The van der Waals surface area contributed by atoms with Crippen LogP contribution in [0.2, 0.25) is 0 Å². The average molecular weight is 180 g/mol. The molecule has 1 unspecified atom stereocenters. The summed E-state index contributed by atoms with van der Waals surface area (Å²) < 4.78 is 0. The number of hydrogen-bond acceptors (Lipinski definition) is 2. The average Bonchev–Trinajstić information content (AvgIpc) is 2.19. The van der Waals surface area contributed by atoms with Gasteiger partial charge in [-0.3, -0.25) is 4.90 Å². The van der Waals surface area contributed by atoms with Crippen molar-refractivity contribution in [2.75, 3.05) is 26.2 Å². The van der Waals surface area contributed by atoms with Crippen LogP contribution in [0, 0.1) is 11.8 Å². The highest BCUT2D eigenvalue weighted by atomic mass is 15.2. The van der Waals surface area contributed by atoms with E-state index < -0.39 is 0 Å². The van der Waals surface area contributed by atoms with Gasteiger partial charge in [-0.1, -0.05) is 6.92 Å². The molecule has 1 atom stereocenters. The van der Waals surface area contributed by atoms with Crippen LogP contribution in [-0.4, -0.2) is 37.1 Å². The molecule has 1 aliphatic rings. The third-order valence-corrected chi connectivity index (χ3v) is 2.56. The Morgan fingerprint density at radius 1 is 1.54 bits per heavy atom. The predicted octanol–water partition coefficient (Wildman–Crippen LogP) is 1.08. The van der Waals surface area contributed by atoms with E-state index in [0.717, 1.165) is 19.5 Å². The van der Waals surface area contributed by atoms with Gasteiger partial charge in [-0.15, -0.1) is 11.8 Å². The van der Waals surface area contributed by atoms with Gasteiger partial charge in [0.25, 0.3) is 0 Å². The Bertz CT molecular complexity index is 190. The number of nitrogens with zero attached hydrogens (tertiary/aromatic N) is 1. The lowest BCUT2D eigenvalue weighted by Crippen LogP contribution is -2.50. The number of rotatable bonds is 3. The van der Waals surface area contributed by atoms with Crippen molar-refractivity contribution in [1.29, 1.82) is 0 Å². The zero-order chi connectivity index (χ0) is 9.52. The lowest BCUT2D eigenvalue weighted by Gasteiger charge is -2.32. The predicted molar refractivity (Wildman–Crippen MR) is 56.6 cm³/mol. The van der Waals surface area contributed by atoms with E-state index in [-0.39, 0.29) is 0 Å². The Morgan fingerprint density at radius 2 is 2.38 bits per heavy atom. The highest BCUT2D eigenvalue weighted by molar-refractivity contribution is 4.95. The van der Waals surface area contributed by atoms with E-state index in [9.17, 15) is 0 Å². The second-order valence-electron chi connectivity index (χ2n) is 3.54. The zero-order valence-electron chi connectivity index (χ0n) is 8.77. The van der Waals surface area contributed by atoms with E-state index in [4.69, 9.17) is 0 Å². The van der Waals surface area contributed by atoms with Crippen LogP contribution in [0.4, 0.5) is 0 Å². The molecule has 0 amide bonds. The summed E-state index contributed by atoms with van der Waals surface area (Å²) in [5.41, 5.74) is 0. The number of nitrogens with one attached hydrogen (secondary N) is 1. The first-order chi connectivity index (χ1) is 6.36. The fraction of sp³-hybridized carbons (Fsp3) is 0.818. The quantitative estimate of drug-likeness (QED) is 0.654. The van der Waals surface area contributed by atoms with Crippen molar-refractivity contribution in [2.45, 2.75) is 32.7 Å². The first-order valence-electron chi connectivity index (χ1n) is 5.22. The van der Waals surface area contributed by atoms with Crippen LogP contribution in [0.25, 0.3) is 0 Å². The third kappa shape index (κ3) is 3.80. The first-order valence-corrected chi connectivity index (χ1v) is 5.22. The molecule has 2 heteroatoms. The minimum Gasteiger partial charge on any atom is -0.311 e. The summed E-state index contributed by atoms with van der Waals surface area (Å²) in [5, 5.41) is 3.51. The fourth-order valence-corrected chi connectivity index (χ4v) is 1.71. The minimum atomic E-state index is 0.698. The molecule has 0 bridgehead atoms. The lowest BCUT2D eigenvalue weighted by atomic mass is 10.1. The Hall–Kier alpha value is -0.520. The van der Waals surface area contributed by atoms with E-state index in [1.54, 1.807) is 0 Å². The molecule has 1 fully saturated rings. The van der Waals surface area contributed by atoms with Gasteiger partial charge in [0.1, 0.15) is 0 Å². The molecule has 0 aromatic carbocycles. The molecule has 0 saturated carbocycles. The molecule has 2 nitrogen and oxygen atoms in total. The summed E-state index contributed by atoms with van der Waals surface area (Å²) in [7, 11) is 0. The highest BCUT2D eigenvalue weighted by Gasteiger charge is 2.16. The van der Waals surface area contributed by atoms with Crippen LogP contribution in [0.15, 0.2) is 0 Å². The number of piperazine rings is 1. The second kappa shape index (κ2) is 6.01. The van der Waals surface area contributed by atoms with Crippen molar-refractivity contribution in [3.05, 3.63) is 0 Å². The standard InChI is InChI=1S/C11H20N2/c1-3-5-6-8-13-9-7-12-11(4-2)10-13/h11-12H,4,6-10H2,1-2H3. The SMILES string of the molecule is CC#CCCN1CCNC(CC)C1. The molecule has 0 spiro atoms. The van der Waals surface area contributed by atoms with E-state index in [1.807, 2.05) is 6.92 Å². The van der Waals surface area contributed by atoms with Gasteiger partial charge in [0.2, 0.25) is 0 Å². The van der Waals surface area contributed by atoms with Gasteiger partial charge in [-0.2, -0.15) is 0 Å². The van der Waals surface area contributed by atoms with E-state index in [2.05, 4.69) is 29.0 Å². The summed E-state index contributed by atoms with van der Waals surface area (Å²) >= 11 is 0. The topological polar surface area (TPSA) is 15.3 Å². The molecule has 0 radical (unpaired) electrons. The van der Waals surface area contributed by atoms with Crippen LogP contribution in [0.1, 0.15) is 26.7 Å². The van der Waals surface area contributed by atoms with Crippen molar-refractivity contribution in [2.24, 2.45) is 0 Å². The highest BCUT2D eigenvalue weighted by Crippen LogP contribution is 2.02. The summed E-state index contributed by atoms with van der Waals surface area (Å²) in [6, 6.07) is 0.698. The van der Waals surface area contributed by atoms with E-state index >= 15 is 0 Å². The molecule has 1 N–H and O–H groups in total. The van der Waals surface area contributed by atoms with Gasteiger partial charge >= 0.3 is 0 Å². The van der Waals surface area contributed by atoms with Gasteiger partial charge in [0.05, 0.1) is 0 Å². The van der Waals surface area contributed by atoms with Crippen LogP contribution >= 0.6 is 0 Å². The lowest BCUT2D eigenvalue weighted by molar-refractivity contribution is 0.201. The maximum absolute atomic E-state index is 3.51. The molecule has 0 aromatic heterocycles. The molecule has 1 aliphatic heterocycles. The van der Waals surface area contributed by atoms with E-state index in [1.165, 1.54) is 19.5 Å². The van der Waals surface area contributed by atoms with E-state index in [0.29, 0.717) is 6.04 Å². The maximum atomic E-state index is 3.51. The molecule has 13 heavy (non-hydrogen) atoms. The van der Waals surface area contributed by atoms with Crippen molar-refractivity contribution < 1.29 is 0 Å². The summed E-state index contributed by atoms with van der Waals surface area (Å²) in [4.78, 5) is 2.51. The van der Waals surface area contributed by atoms with Crippen molar-refractivity contribution in [3.8, 4) is 11.8 Å². The third-order valence-electron chi connectivity index (χ3n) is 2.56. The molecule has 1 heterocycles. The normalized spacial score (nSPS) is 23.7. The van der Waals surface area contributed by atoms with Crippen molar-refractivity contribution >= 4 is 0 Å². The summed E-state index contributed by atoms with van der Waals surface area (Å²) in [6.45, 7) is 8.81. The Balaban J connectivity index is 2.20. The summed E-state index contributed by atoms with van der Waals surface area (Å²) in [5.74, 6) is 6.06.